The molecule has 0 aromatic heterocycles. The minimum atomic E-state index is -0.139. The first-order valence-electron chi connectivity index (χ1n) is 7.25. The molecule has 2 fully saturated rings. The molecule has 3 rings (SSSR count). The van der Waals surface area contributed by atoms with Crippen LogP contribution in [0.2, 0.25) is 0 Å². The Balaban J connectivity index is 1.61. The molecule has 104 valence electrons. The van der Waals surface area contributed by atoms with E-state index in [1.807, 2.05) is 12.1 Å². The predicted molar refractivity (Wildman–Crippen MR) is 78.9 cm³/mol. The maximum atomic E-state index is 10.1. The van der Waals surface area contributed by atoms with Gasteiger partial charge in [0.1, 0.15) is 0 Å². The lowest BCUT2D eigenvalue weighted by Crippen LogP contribution is -2.58. The molecule has 2 aliphatic rings. The third-order valence-corrected chi connectivity index (χ3v) is 5.36. The highest BCUT2D eigenvalue weighted by Crippen LogP contribution is 2.53. The first-order chi connectivity index (χ1) is 9.21. The van der Waals surface area contributed by atoms with Crippen LogP contribution in [0.3, 0.4) is 0 Å². The maximum Gasteiger partial charge on any atom is 0.0721 e. The largest absolute Gasteiger partial charge is 0.392 e. The quantitative estimate of drug-likeness (QED) is 0.908. The summed E-state index contributed by atoms with van der Waals surface area (Å²) in [5.74, 6) is 0. The van der Waals surface area contributed by atoms with Gasteiger partial charge in [0.2, 0.25) is 0 Å². The smallest absolute Gasteiger partial charge is 0.0721 e. The van der Waals surface area contributed by atoms with E-state index in [0.29, 0.717) is 6.61 Å². The van der Waals surface area contributed by atoms with Crippen LogP contribution in [-0.2, 0) is 11.3 Å². The number of aliphatic hydroxyl groups is 1. The fraction of sp³-hybridized carbons (Fsp3) is 0.625. The van der Waals surface area contributed by atoms with Gasteiger partial charge in [0.15, 0.2) is 0 Å². The van der Waals surface area contributed by atoms with E-state index >= 15 is 0 Å². The molecule has 2 nitrogen and oxygen atoms in total. The average molecular weight is 325 g/mol. The second-order valence-corrected chi connectivity index (χ2v) is 6.89. The molecule has 0 radical (unpaired) electrons. The number of benzene rings is 1. The van der Waals surface area contributed by atoms with Crippen LogP contribution in [0.5, 0.6) is 0 Å². The molecule has 3 heteroatoms. The van der Waals surface area contributed by atoms with Crippen molar-refractivity contribution in [3.05, 3.63) is 34.3 Å². The van der Waals surface area contributed by atoms with Crippen LogP contribution in [0.25, 0.3) is 0 Å². The van der Waals surface area contributed by atoms with Gasteiger partial charge in [0, 0.05) is 16.3 Å². The van der Waals surface area contributed by atoms with E-state index < -0.39 is 0 Å². The molecule has 1 N–H and O–H groups in total. The molecule has 0 bridgehead atoms. The molecular weight excluding hydrogens is 304 g/mol. The first-order valence-corrected chi connectivity index (χ1v) is 8.04. The highest BCUT2D eigenvalue weighted by Gasteiger charge is 2.55. The lowest BCUT2D eigenvalue weighted by molar-refractivity contribution is -0.210. The number of hydrogen-bond donors (Lipinski definition) is 1. The Bertz CT molecular complexity index is 440. The van der Waals surface area contributed by atoms with Crippen molar-refractivity contribution in [2.75, 3.05) is 0 Å². The Kier molecular flexibility index (Phi) is 3.97. The van der Waals surface area contributed by atoms with Gasteiger partial charge < -0.3 is 9.84 Å². The van der Waals surface area contributed by atoms with E-state index in [1.165, 1.54) is 24.8 Å². The van der Waals surface area contributed by atoms with Crippen LogP contribution in [0, 0.1) is 5.41 Å². The van der Waals surface area contributed by atoms with Crippen LogP contribution in [-0.4, -0.2) is 17.3 Å². The van der Waals surface area contributed by atoms with Crippen LogP contribution < -0.4 is 0 Å². The van der Waals surface area contributed by atoms with Gasteiger partial charge in [0.25, 0.3) is 0 Å². The maximum absolute atomic E-state index is 10.1. The zero-order valence-corrected chi connectivity index (χ0v) is 12.7. The SMILES string of the molecule is OC1CC(OCc2cccc(Br)c2)C12CCCCC2. The van der Waals surface area contributed by atoms with E-state index in [9.17, 15) is 5.11 Å². The Hall–Kier alpha value is -0.380. The third-order valence-electron chi connectivity index (χ3n) is 4.87. The summed E-state index contributed by atoms with van der Waals surface area (Å²) in [6.07, 6.45) is 7.00. The summed E-state index contributed by atoms with van der Waals surface area (Å²) in [5, 5.41) is 10.1. The fourth-order valence-corrected chi connectivity index (χ4v) is 4.10. The molecule has 2 atom stereocenters. The Morgan fingerprint density at radius 2 is 2.05 bits per heavy atom. The summed E-state index contributed by atoms with van der Waals surface area (Å²) in [6, 6.07) is 8.25. The molecule has 0 aliphatic heterocycles. The lowest BCUT2D eigenvalue weighted by atomic mass is 9.56. The number of hydrogen-bond acceptors (Lipinski definition) is 2. The lowest BCUT2D eigenvalue weighted by Gasteiger charge is -2.55. The normalized spacial score (nSPS) is 29.2. The number of rotatable bonds is 3. The summed E-state index contributed by atoms with van der Waals surface area (Å²) in [6.45, 7) is 0.651. The van der Waals surface area contributed by atoms with Crippen LogP contribution in [0.4, 0.5) is 0 Å². The number of aliphatic hydroxyl groups excluding tert-OH is 1. The van der Waals surface area contributed by atoms with Crippen molar-refractivity contribution in [2.45, 2.75) is 57.3 Å². The zero-order valence-electron chi connectivity index (χ0n) is 11.1. The monoisotopic (exact) mass is 324 g/mol. The van der Waals surface area contributed by atoms with E-state index in [4.69, 9.17) is 4.74 Å². The van der Waals surface area contributed by atoms with E-state index in [0.717, 1.165) is 23.7 Å². The van der Waals surface area contributed by atoms with E-state index in [2.05, 4.69) is 28.1 Å². The highest BCUT2D eigenvalue weighted by molar-refractivity contribution is 9.10. The van der Waals surface area contributed by atoms with Crippen LogP contribution >= 0.6 is 15.9 Å². The van der Waals surface area contributed by atoms with Gasteiger partial charge in [-0.15, -0.1) is 0 Å². The van der Waals surface area contributed by atoms with E-state index in [1.54, 1.807) is 0 Å². The Morgan fingerprint density at radius 3 is 2.74 bits per heavy atom. The fourth-order valence-electron chi connectivity index (χ4n) is 3.65. The Labute approximate surface area is 123 Å². The predicted octanol–water partition coefficient (Wildman–Crippen LogP) is 4.05. The van der Waals surface area contributed by atoms with Crippen LogP contribution in [0.1, 0.15) is 44.1 Å². The molecule has 1 spiro atoms. The van der Waals surface area contributed by atoms with Crippen molar-refractivity contribution in [1.29, 1.82) is 0 Å². The van der Waals surface area contributed by atoms with E-state index in [-0.39, 0.29) is 17.6 Å². The molecule has 2 saturated carbocycles. The van der Waals surface area contributed by atoms with Crippen molar-refractivity contribution >= 4 is 15.9 Å². The molecule has 2 unspecified atom stereocenters. The van der Waals surface area contributed by atoms with Crippen LogP contribution in [0.15, 0.2) is 28.7 Å². The zero-order chi connectivity index (χ0) is 13.3. The summed E-state index contributed by atoms with van der Waals surface area (Å²) >= 11 is 3.48. The van der Waals surface area contributed by atoms with Gasteiger partial charge in [-0.05, 0) is 30.5 Å². The van der Waals surface area contributed by atoms with Crippen molar-refractivity contribution < 1.29 is 9.84 Å². The summed E-state index contributed by atoms with van der Waals surface area (Å²) in [4.78, 5) is 0. The molecule has 19 heavy (non-hydrogen) atoms. The van der Waals surface area contributed by atoms with Gasteiger partial charge in [-0.3, -0.25) is 0 Å². The molecule has 0 heterocycles. The van der Waals surface area contributed by atoms with Crippen molar-refractivity contribution in [1.82, 2.24) is 0 Å². The summed E-state index contributed by atoms with van der Waals surface area (Å²) in [7, 11) is 0. The number of ether oxygens (including phenoxy) is 1. The minimum absolute atomic E-state index is 0.0737. The summed E-state index contributed by atoms with van der Waals surface area (Å²) in [5.41, 5.74) is 1.27. The highest BCUT2D eigenvalue weighted by atomic mass is 79.9. The van der Waals surface area contributed by atoms with Gasteiger partial charge in [-0.25, -0.2) is 0 Å². The van der Waals surface area contributed by atoms with Crippen molar-refractivity contribution in [3.8, 4) is 0 Å². The molecule has 0 saturated heterocycles. The van der Waals surface area contributed by atoms with Crippen molar-refractivity contribution in [2.24, 2.45) is 5.41 Å². The number of halogens is 1. The second-order valence-electron chi connectivity index (χ2n) is 5.97. The first kappa shape index (κ1) is 13.6. The van der Waals surface area contributed by atoms with Gasteiger partial charge in [-0.2, -0.15) is 0 Å². The molecule has 1 aromatic carbocycles. The van der Waals surface area contributed by atoms with Crippen molar-refractivity contribution in [3.63, 3.8) is 0 Å². The third kappa shape index (κ3) is 2.61. The second kappa shape index (κ2) is 5.55. The van der Waals surface area contributed by atoms with Gasteiger partial charge >= 0.3 is 0 Å². The molecule has 0 amide bonds. The minimum Gasteiger partial charge on any atom is -0.392 e. The molecule has 2 aliphatic carbocycles. The van der Waals surface area contributed by atoms with Gasteiger partial charge in [-0.1, -0.05) is 47.3 Å². The topological polar surface area (TPSA) is 29.5 Å². The standard InChI is InChI=1S/C16H21BrO2/c17-13-6-4-5-12(9-13)11-19-15-10-14(18)16(15)7-2-1-3-8-16/h4-6,9,14-15,18H,1-3,7-8,10-11H2. The van der Waals surface area contributed by atoms with Gasteiger partial charge in [0.05, 0.1) is 18.8 Å². The molecule has 1 aromatic rings. The summed E-state index contributed by atoms with van der Waals surface area (Å²) < 4.78 is 7.19. The Morgan fingerprint density at radius 1 is 1.26 bits per heavy atom. The average Bonchev–Trinajstić information content (AvgIpc) is 2.44. The molecular formula is C16H21BrO2.